The van der Waals surface area contributed by atoms with E-state index in [1.54, 1.807) is 9.69 Å². The predicted molar refractivity (Wildman–Crippen MR) is 98.3 cm³/mol. The Morgan fingerprint density at radius 3 is 2.72 bits per heavy atom. The summed E-state index contributed by atoms with van der Waals surface area (Å²) < 4.78 is 8.60. The van der Waals surface area contributed by atoms with Crippen LogP contribution in [0, 0.1) is 0 Å². The molecule has 2 aliphatic rings. The second-order valence-corrected chi connectivity index (χ2v) is 6.69. The normalized spacial score (nSPS) is 29.0. The Morgan fingerprint density at radius 1 is 1.14 bits per heavy atom. The van der Waals surface area contributed by atoms with Crippen LogP contribution in [0.4, 0.5) is 11.8 Å². The quantitative estimate of drug-likeness (QED) is 0.310. The smallest absolute Gasteiger partial charge is 0.222 e. The Bertz CT molecular complexity index is 1100. The SMILES string of the molecule is Nc1ncc2ncn(N3C=Nc4c(ncn4[C@@H]4O[C@H](CO)C(O)C4O)C3N)c2n1. The third-order valence-corrected chi connectivity index (χ3v) is 4.99. The first-order valence-corrected chi connectivity index (χ1v) is 8.72. The molecule has 29 heavy (non-hydrogen) atoms. The first kappa shape index (κ1) is 17.9. The van der Waals surface area contributed by atoms with Gasteiger partial charge in [-0.15, -0.1) is 0 Å². The fourth-order valence-electron chi connectivity index (χ4n) is 3.49. The summed E-state index contributed by atoms with van der Waals surface area (Å²) in [5, 5.41) is 31.1. The zero-order valence-electron chi connectivity index (χ0n) is 14.9. The topological polar surface area (TPSA) is 199 Å². The van der Waals surface area contributed by atoms with Gasteiger partial charge in [-0.3, -0.25) is 4.57 Å². The van der Waals surface area contributed by atoms with Gasteiger partial charge in [-0.25, -0.2) is 29.6 Å². The lowest BCUT2D eigenvalue weighted by Gasteiger charge is -2.29. The van der Waals surface area contributed by atoms with E-state index in [0.29, 0.717) is 22.7 Å². The average Bonchev–Trinajstić information content (AvgIpc) is 3.39. The maximum absolute atomic E-state index is 10.3. The van der Waals surface area contributed by atoms with E-state index in [1.807, 2.05) is 0 Å². The van der Waals surface area contributed by atoms with Crippen LogP contribution >= 0.6 is 0 Å². The second-order valence-electron chi connectivity index (χ2n) is 6.69. The largest absolute Gasteiger partial charge is 0.394 e. The highest BCUT2D eigenvalue weighted by atomic mass is 16.6. The Kier molecular flexibility index (Phi) is 3.97. The number of nitrogen functional groups attached to an aromatic ring is 1. The minimum absolute atomic E-state index is 0.0936. The number of aliphatic hydroxyl groups excluding tert-OH is 3. The van der Waals surface area contributed by atoms with Gasteiger partial charge in [0.15, 0.2) is 17.7 Å². The Morgan fingerprint density at radius 2 is 1.97 bits per heavy atom. The molecular weight excluding hydrogens is 384 g/mol. The number of hydrogen-bond donors (Lipinski definition) is 5. The molecule has 0 aromatic carbocycles. The van der Waals surface area contributed by atoms with Gasteiger partial charge in [-0.2, -0.15) is 4.98 Å². The molecule has 0 spiro atoms. The highest BCUT2D eigenvalue weighted by Crippen LogP contribution is 2.36. The van der Waals surface area contributed by atoms with Crippen molar-refractivity contribution in [3.63, 3.8) is 0 Å². The van der Waals surface area contributed by atoms with Crippen molar-refractivity contribution in [3.05, 3.63) is 24.5 Å². The molecule has 5 rings (SSSR count). The van der Waals surface area contributed by atoms with Gasteiger partial charge in [0.2, 0.25) is 5.95 Å². The Labute approximate surface area is 162 Å². The molecule has 5 heterocycles. The van der Waals surface area contributed by atoms with Crippen molar-refractivity contribution in [2.45, 2.75) is 30.7 Å². The molecule has 0 amide bonds. The summed E-state index contributed by atoms with van der Waals surface area (Å²) in [6, 6.07) is 0. The van der Waals surface area contributed by atoms with Gasteiger partial charge in [0.1, 0.15) is 48.4 Å². The minimum Gasteiger partial charge on any atom is -0.394 e. The number of nitrogens with zero attached hydrogens (tertiary/aromatic N) is 8. The molecular formula is C15H18N10O4. The van der Waals surface area contributed by atoms with Crippen molar-refractivity contribution in [1.29, 1.82) is 0 Å². The first-order chi connectivity index (χ1) is 14.0. The van der Waals surface area contributed by atoms with E-state index in [1.165, 1.54) is 29.8 Å². The molecule has 152 valence electrons. The number of hydrogen-bond acceptors (Lipinski definition) is 12. The van der Waals surface area contributed by atoms with Crippen LogP contribution in [0.1, 0.15) is 18.1 Å². The summed E-state index contributed by atoms with van der Waals surface area (Å²) in [6.45, 7) is -0.430. The van der Waals surface area contributed by atoms with Gasteiger partial charge in [0, 0.05) is 0 Å². The molecule has 3 aromatic rings. The predicted octanol–water partition coefficient (Wildman–Crippen LogP) is -2.51. The molecule has 3 aromatic heterocycles. The first-order valence-electron chi connectivity index (χ1n) is 8.72. The van der Waals surface area contributed by atoms with E-state index in [4.69, 9.17) is 16.2 Å². The molecule has 0 aliphatic carbocycles. The standard InChI is InChI=1S/C15H18N10O4/c16-11-8-13(23(3-20-8)14-10(28)9(27)7(2-26)29-14)21-5-24(11)25-4-19-6-1-18-15(17)22-12(6)25/h1,3-5,7,9-11,14,26-28H,2,16H2,(H2,17,18,22)/t7-,9?,10?,11?,14-/m1/s1. The summed E-state index contributed by atoms with van der Waals surface area (Å²) in [5.74, 6) is 0.457. The van der Waals surface area contributed by atoms with Crippen LogP contribution < -0.4 is 16.5 Å². The van der Waals surface area contributed by atoms with Gasteiger partial charge in [-0.1, -0.05) is 0 Å². The van der Waals surface area contributed by atoms with Crippen molar-refractivity contribution >= 4 is 29.3 Å². The number of aromatic nitrogens is 6. The fraction of sp³-hybridized carbons (Fsp3) is 0.400. The summed E-state index contributed by atoms with van der Waals surface area (Å²) in [6.07, 6.45) is 0.777. The van der Waals surface area contributed by atoms with Crippen molar-refractivity contribution in [2.75, 3.05) is 17.3 Å². The molecule has 7 N–H and O–H groups in total. The molecule has 1 saturated heterocycles. The number of fused-ring (bicyclic) bond motifs is 2. The van der Waals surface area contributed by atoms with Crippen molar-refractivity contribution < 1.29 is 20.1 Å². The van der Waals surface area contributed by atoms with Crippen molar-refractivity contribution in [3.8, 4) is 0 Å². The van der Waals surface area contributed by atoms with E-state index in [9.17, 15) is 15.3 Å². The number of ether oxygens (including phenoxy) is 1. The van der Waals surface area contributed by atoms with Gasteiger partial charge >= 0.3 is 0 Å². The summed E-state index contributed by atoms with van der Waals surface area (Å²) in [4.78, 5) is 21.0. The van der Waals surface area contributed by atoms with E-state index >= 15 is 0 Å². The molecule has 14 nitrogen and oxygen atoms in total. The average molecular weight is 402 g/mol. The van der Waals surface area contributed by atoms with Crippen LogP contribution in [0.5, 0.6) is 0 Å². The van der Waals surface area contributed by atoms with Gasteiger partial charge in [-0.05, 0) is 0 Å². The van der Waals surface area contributed by atoms with Crippen LogP contribution in [0.15, 0.2) is 23.8 Å². The number of nitrogens with two attached hydrogens (primary N) is 2. The number of rotatable bonds is 3. The number of anilines is 1. The zero-order valence-corrected chi connectivity index (χ0v) is 14.9. The van der Waals surface area contributed by atoms with E-state index in [-0.39, 0.29) is 5.95 Å². The molecule has 0 bridgehead atoms. The Balaban J connectivity index is 1.50. The van der Waals surface area contributed by atoms with Gasteiger partial charge in [0.05, 0.1) is 19.1 Å². The zero-order chi connectivity index (χ0) is 20.3. The second kappa shape index (κ2) is 6.43. The van der Waals surface area contributed by atoms with Gasteiger partial charge in [0.25, 0.3) is 0 Å². The molecule has 1 fully saturated rings. The lowest BCUT2D eigenvalue weighted by Crippen LogP contribution is -2.43. The van der Waals surface area contributed by atoms with Crippen LogP contribution in [0.3, 0.4) is 0 Å². The molecule has 0 radical (unpaired) electrons. The van der Waals surface area contributed by atoms with Crippen molar-refractivity contribution in [2.24, 2.45) is 10.7 Å². The third kappa shape index (κ3) is 2.58. The summed E-state index contributed by atoms with van der Waals surface area (Å²) in [7, 11) is 0. The minimum atomic E-state index is -1.26. The van der Waals surface area contributed by atoms with Crippen LogP contribution in [-0.2, 0) is 4.74 Å². The highest BCUT2D eigenvalue weighted by molar-refractivity contribution is 5.79. The van der Waals surface area contributed by atoms with Crippen LogP contribution in [0.2, 0.25) is 0 Å². The van der Waals surface area contributed by atoms with Gasteiger partial charge < -0.3 is 31.5 Å². The number of imidazole rings is 2. The van der Waals surface area contributed by atoms with E-state index in [0.717, 1.165) is 0 Å². The number of aliphatic hydroxyl groups is 3. The molecule has 3 unspecified atom stereocenters. The molecule has 5 atom stereocenters. The molecule has 14 heteroatoms. The maximum Gasteiger partial charge on any atom is 0.222 e. The lowest BCUT2D eigenvalue weighted by atomic mass is 10.1. The monoisotopic (exact) mass is 402 g/mol. The molecule has 2 aliphatic heterocycles. The lowest BCUT2D eigenvalue weighted by molar-refractivity contribution is -0.0520. The van der Waals surface area contributed by atoms with Crippen LogP contribution in [0.25, 0.3) is 11.2 Å². The third-order valence-electron chi connectivity index (χ3n) is 4.99. The number of aliphatic imine (C=N–C) groups is 1. The maximum atomic E-state index is 10.3. The Hall–Kier alpha value is -3.17. The summed E-state index contributed by atoms with van der Waals surface area (Å²) in [5.41, 5.74) is 13.4. The van der Waals surface area contributed by atoms with Crippen molar-refractivity contribution in [1.82, 2.24) is 29.2 Å². The molecule has 0 saturated carbocycles. The highest BCUT2D eigenvalue weighted by Gasteiger charge is 2.45. The fourth-order valence-corrected chi connectivity index (χ4v) is 3.49. The van der Waals surface area contributed by atoms with E-state index < -0.39 is 37.3 Å². The summed E-state index contributed by atoms with van der Waals surface area (Å²) >= 11 is 0. The van der Waals surface area contributed by atoms with Crippen LogP contribution in [-0.4, -0.2) is 75.8 Å². The van der Waals surface area contributed by atoms with E-state index in [2.05, 4.69) is 24.9 Å².